The van der Waals surface area contributed by atoms with Gasteiger partial charge in [0, 0.05) is 13.6 Å². The number of nitrogens with zero attached hydrogens (tertiary/aromatic N) is 1. The van der Waals surface area contributed by atoms with Crippen LogP contribution in [0.5, 0.6) is 0 Å². The number of hydrogen-bond donors (Lipinski definition) is 1. The minimum atomic E-state index is -3.85. The lowest BCUT2D eigenvalue weighted by Crippen LogP contribution is -2.31. The summed E-state index contributed by atoms with van der Waals surface area (Å²) in [5.74, 6) is -0.656. The van der Waals surface area contributed by atoms with Crippen molar-refractivity contribution in [1.29, 1.82) is 0 Å². The van der Waals surface area contributed by atoms with Crippen LogP contribution in [0.15, 0.2) is 23.1 Å². The van der Waals surface area contributed by atoms with Gasteiger partial charge in [-0.25, -0.2) is 17.1 Å². The molecule has 0 aromatic heterocycles. The molecule has 1 rings (SSSR count). The van der Waals surface area contributed by atoms with E-state index in [1.54, 1.807) is 0 Å². The summed E-state index contributed by atoms with van der Waals surface area (Å²) in [5.41, 5.74) is 0.368. The zero-order valence-electron chi connectivity index (χ0n) is 10.7. The molecule has 0 radical (unpaired) electrons. The second-order valence-electron chi connectivity index (χ2n) is 4.60. The first-order valence-corrected chi connectivity index (χ1v) is 7.08. The fourth-order valence-corrected chi connectivity index (χ4v) is 3.07. The monoisotopic (exact) mass is 275 g/mol. The molecule has 1 aromatic carbocycles. The number of benzene rings is 1. The highest BCUT2D eigenvalue weighted by atomic mass is 32.2. The standard InChI is InChI=1S/C12H18FNO3S/c1-9(2)7-14(3)18(16,17)12-6-10(8-15)4-5-11(12)13/h4-6,9,15H,7-8H2,1-3H3. The van der Waals surface area contributed by atoms with Gasteiger partial charge in [-0.3, -0.25) is 0 Å². The lowest BCUT2D eigenvalue weighted by Gasteiger charge is -2.19. The van der Waals surface area contributed by atoms with E-state index in [4.69, 9.17) is 5.11 Å². The Kier molecular flexibility index (Phi) is 4.84. The summed E-state index contributed by atoms with van der Waals surface area (Å²) in [6.07, 6.45) is 0. The maximum Gasteiger partial charge on any atom is 0.245 e. The third-order valence-electron chi connectivity index (χ3n) is 2.49. The number of halogens is 1. The van der Waals surface area contributed by atoms with Gasteiger partial charge in [0.15, 0.2) is 0 Å². The average Bonchev–Trinajstić information content (AvgIpc) is 2.28. The number of aliphatic hydroxyl groups excluding tert-OH is 1. The SMILES string of the molecule is CC(C)CN(C)S(=O)(=O)c1cc(CO)ccc1F. The van der Waals surface area contributed by atoms with E-state index in [9.17, 15) is 12.8 Å². The van der Waals surface area contributed by atoms with Gasteiger partial charge in [-0.05, 0) is 23.6 Å². The Labute approximate surface area is 107 Å². The molecular weight excluding hydrogens is 257 g/mol. The van der Waals surface area contributed by atoms with Crippen LogP contribution in [0.4, 0.5) is 4.39 Å². The van der Waals surface area contributed by atoms with Crippen LogP contribution >= 0.6 is 0 Å². The van der Waals surface area contributed by atoms with E-state index in [0.717, 1.165) is 10.4 Å². The van der Waals surface area contributed by atoms with Gasteiger partial charge in [0.25, 0.3) is 0 Å². The second kappa shape index (κ2) is 5.77. The van der Waals surface area contributed by atoms with E-state index < -0.39 is 20.7 Å². The normalized spacial score (nSPS) is 12.4. The highest BCUT2D eigenvalue weighted by Crippen LogP contribution is 2.20. The van der Waals surface area contributed by atoms with Crippen molar-refractivity contribution >= 4 is 10.0 Å². The molecule has 4 nitrogen and oxygen atoms in total. The summed E-state index contributed by atoms with van der Waals surface area (Å²) in [6.45, 7) is 3.75. The van der Waals surface area contributed by atoms with E-state index >= 15 is 0 Å². The minimum Gasteiger partial charge on any atom is -0.392 e. The summed E-state index contributed by atoms with van der Waals surface area (Å²) in [6, 6.07) is 3.58. The van der Waals surface area contributed by atoms with E-state index in [1.165, 1.54) is 19.2 Å². The summed E-state index contributed by atoms with van der Waals surface area (Å²) >= 11 is 0. The van der Waals surface area contributed by atoms with Crippen molar-refractivity contribution in [1.82, 2.24) is 4.31 Å². The molecule has 0 aliphatic rings. The van der Waals surface area contributed by atoms with Crippen molar-refractivity contribution < 1.29 is 17.9 Å². The van der Waals surface area contributed by atoms with Crippen molar-refractivity contribution in [2.75, 3.05) is 13.6 Å². The van der Waals surface area contributed by atoms with Gasteiger partial charge in [0.05, 0.1) is 6.61 Å². The van der Waals surface area contributed by atoms with E-state index in [0.29, 0.717) is 12.1 Å². The van der Waals surface area contributed by atoms with Crippen molar-refractivity contribution in [3.63, 3.8) is 0 Å². The van der Waals surface area contributed by atoms with Crippen LogP contribution in [-0.4, -0.2) is 31.4 Å². The Balaban J connectivity index is 3.19. The molecule has 0 atom stereocenters. The molecule has 18 heavy (non-hydrogen) atoms. The molecular formula is C12H18FNO3S. The number of hydrogen-bond acceptors (Lipinski definition) is 3. The molecule has 6 heteroatoms. The molecule has 0 unspecified atom stereocenters. The fourth-order valence-electron chi connectivity index (χ4n) is 1.62. The maximum absolute atomic E-state index is 13.6. The second-order valence-corrected chi connectivity index (χ2v) is 6.62. The van der Waals surface area contributed by atoms with E-state index in [1.807, 2.05) is 13.8 Å². The topological polar surface area (TPSA) is 57.6 Å². The summed E-state index contributed by atoms with van der Waals surface area (Å²) in [7, 11) is -2.43. The number of rotatable bonds is 5. The van der Waals surface area contributed by atoms with E-state index in [-0.39, 0.29) is 12.5 Å². The molecule has 0 bridgehead atoms. The molecule has 0 amide bonds. The third kappa shape index (κ3) is 3.28. The summed E-state index contributed by atoms with van der Waals surface area (Å²) in [5, 5.41) is 8.97. The maximum atomic E-state index is 13.6. The molecule has 0 aliphatic heterocycles. The quantitative estimate of drug-likeness (QED) is 0.888. The Morgan fingerprint density at radius 3 is 2.50 bits per heavy atom. The molecule has 0 spiro atoms. The van der Waals surface area contributed by atoms with Crippen LogP contribution in [-0.2, 0) is 16.6 Å². The van der Waals surface area contributed by atoms with Crippen LogP contribution < -0.4 is 0 Å². The Hall–Kier alpha value is -0.980. The first-order chi connectivity index (χ1) is 8.28. The van der Waals surface area contributed by atoms with Crippen LogP contribution in [0.1, 0.15) is 19.4 Å². The zero-order valence-corrected chi connectivity index (χ0v) is 11.5. The van der Waals surface area contributed by atoms with Gasteiger partial charge in [0.1, 0.15) is 10.7 Å². The first kappa shape index (κ1) is 15.1. The predicted octanol–water partition coefficient (Wildman–Crippen LogP) is 1.59. The van der Waals surface area contributed by atoms with Crippen LogP contribution in [0, 0.1) is 11.7 Å². The minimum absolute atomic E-state index is 0.147. The van der Waals surface area contributed by atoms with Crippen molar-refractivity contribution in [3.8, 4) is 0 Å². The van der Waals surface area contributed by atoms with Crippen LogP contribution in [0.3, 0.4) is 0 Å². The molecule has 0 saturated carbocycles. The van der Waals surface area contributed by atoms with Gasteiger partial charge in [-0.1, -0.05) is 19.9 Å². The molecule has 1 N–H and O–H groups in total. The predicted molar refractivity (Wildman–Crippen MR) is 67.0 cm³/mol. The van der Waals surface area contributed by atoms with Crippen molar-refractivity contribution in [2.45, 2.75) is 25.3 Å². The molecule has 0 saturated heterocycles. The lowest BCUT2D eigenvalue weighted by atomic mass is 10.2. The van der Waals surface area contributed by atoms with Gasteiger partial charge < -0.3 is 5.11 Å². The molecule has 1 aromatic rings. The third-order valence-corrected chi connectivity index (χ3v) is 4.33. The number of aliphatic hydroxyl groups is 1. The molecule has 0 fully saturated rings. The summed E-state index contributed by atoms with van der Waals surface area (Å²) < 4.78 is 39.1. The highest BCUT2D eigenvalue weighted by Gasteiger charge is 2.25. The van der Waals surface area contributed by atoms with Gasteiger partial charge in [0.2, 0.25) is 10.0 Å². The molecule has 0 aliphatic carbocycles. The zero-order chi connectivity index (χ0) is 13.9. The smallest absolute Gasteiger partial charge is 0.245 e. The fraction of sp³-hybridized carbons (Fsp3) is 0.500. The summed E-state index contributed by atoms with van der Waals surface area (Å²) in [4.78, 5) is -0.391. The highest BCUT2D eigenvalue weighted by molar-refractivity contribution is 7.89. The number of sulfonamides is 1. The Morgan fingerprint density at radius 2 is 2.00 bits per heavy atom. The van der Waals surface area contributed by atoms with Crippen LogP contribution in [0.25, 0.3) is 0 Å². The Morgan fingerprint density at radius 1 is 1.39 bits per heavy atom. The van der Waals surface area contributed by atoms with Gasteiger partial charge in [-0.15, -0.1) is 0 Å². The van der Waals surface area contributed by atoms with Crippen molar-refractivity contribution in [2.24, 2.45) is 5.92 Å². The van der Waals surface area contributed by atoms with E-state index in [2.05, 4.69) is 0 Å². The molecule has 102 valence electrons. The molecule has 0 heterocycles. The lowest BCUT2D eigenvalue weighted by molar-refractivity contribution is 0.281. The average molecular weight is 275 g/mol. The largest absolute Gasteiger partial charge is 0.392 e. The van der Waals surface area contributed by atoms with Gasteiger partial charge in [-0.2, -0.15) is 0 Å². The Bertz CT molecular complexity index is 514. The van der Waals surface area contributed by atoms with Crippen LogP contribution in [0.2, 0.25) is 0 Å². The first-order valence-electron chi connectivity index (χ1n) is 5.64. The van der Waals surface area contributed by atoms with Crippen molar-refractivity contribution in [3.05, 3.63) is 29.6 Å². The van der Waals surface area contributed by atoms with Gasteiger partial charge >= 0.3 is 0 Å².